The molecule has 0 rings (SSSR count). The molecule has 0 aliphatic carbocycles. The third-order valence-corrected chi connectivity index (χ3v) is 1.80. The van der Waals surface area contributed by atoms with E-state index in [1.165, 1.54) is 0 Å². The molecule has 5 heteroatoms. The van der Waals surface area contributed by atoms with Crippen molar-refractivity contribution in [1.82, 2.24) is 4.90 Å². The Balaban J connectivity index is 3.49. The van der Waals surface area contributed by atoms with Crippen molar-refractivity contribution in [1.29, 1.82) is 0 Å². The van der Waals surface area contributed by atoms with Gasteiger partial charge in [-0.1, -0.05) is 6.92 Å². The molecule has 0 spiro atoms. The highest BCUT2D eigenvalue weighted by atomic mass is 19.4. The standard InChI is InChI=1S/C8H16F3NO/c1-2-12(6-7-13)5-3-4-8(9,10)11/h13H,2-7H2,1H3. The Morgan fingerprint density at radius 1 is 1.23 bits per heavy atom. The summed E-state index contributed by atoms with van der Waals surface area (Å²) in [6.45, 7) is 3.40. The van der Waals surface area contributed by atoms with E-state index in [1.54, 1.807) is 4.90 Å². The molecule has 0 saturated carbocycles. The number of hydrogen-bond donors (Lipinski definition) is 1. The van der Waals surface area contributed by atoms with Gasteiger partial charge < -0.3 is 10.0 Å². The summed E-state index contributed by atoms with van der Waals surface area (Å²) in [5.74, 6) is 0. The molecule has 0 amide bonds. The summed E-state index contributed by atoms with van der Waals surface area (Å²) in [6.07, 6.45) is -4.69. The number of hydrogen-bond acceptors (Lipinski definition) is 2. The Morgan fingerprint density at radius 3 is 2.23 bits per heavy atom. The van der Waals surface area contributed by atoms with Crippen LogP contribution in [0.5, 0.6) is 0 Å². The van der Waals surface area contributed by atoms with Crippen LogP contribution >= 0.6 is 0 Å². The molecule has 0 atom stereocenters. The van der Waals surface area contributed by atoms with Gasteiger partial charge in [-0.15, -0.1) is 0 Å². The zero-order valence-electron chi connectivity index (χ0n) is 7.77. The lowest BCUT2D eigenvalue weighted by molar-refractivity contribution is -0.136. The van der Waals surface area contributed by atoms with Crippen LogP contribution in [-0.4, -0.2) is 42.4 Å². The second-order valence-electron chi connectivity index (χ2n) is 2.88. The van der Waals surface area contributed by atoms with Crippen molar-refractivity contribution in [3.05, 3.63) is 0 Å². The number of aliphatic hydroxyl groups is 1. The maximum absolute atomic E-state index is 11.7. The first kappa shape index (κ1) is 12.7. The Bertz CT molecular complexity index is 127. The third kappa shape index (κ3) is 8.05. The van der Waals surface area contributed by atoms with Crippen molar-refractivity contribution in [3.63, 3.8) is 0 Å². The van der Waals surface area contributed by atoms with E-state index in [4.69, 9.17) is 5.11 Å². The van der Waals surface area contributed by atoms with Gasteiger partial charge in [0.15, 0.2) is 0 Å². The van der Waals surface area contributed by atoms with Crippen LogP contribution in [0.3, 0.4) is 0 Å². The van der Waals surface area contributed by atoms with Gasteiger partial charge in [0.05, 0.1) is 6.61 Å². The van der Waals surface area contributed by atoms with Crippen molar-refractivity contribution < 1.29 is 18.3 Å². The molecular formula is C8H16F3NO. The van der Waals surface area contributed by atoms with E-state index in [9.17, 15) is 13.2 Å². The minimum atomic E-state index is -4.06. The van der Waals surface area contributed by atoms with E-state index in [2.05, 4.69) is 0 Å². The Kier molecular flexibility index (Phi) is 6.07. The first-order valence-corrected chi connectivity index (χ1v) is 4.39. The van der Waals surface area contributed by atoms with E-state index in [-0.39, 0.29) is 13.0 Å². The first-order valence-electron chi connectivity index (χ1n) is 4.39. The fraction of sp³-hybridized carbons (Fsp3) is 1.00. The summed E-state index contributed by atoms with van der Waals surface area (Å²) >= 11 is 0. The summed E-state index contributed by atoms with van der Waals surface area (Å²) in [5.41, 5.74) is 0. The van der Waals surface area contributed by atoms with Crippen LogP contribution in [0.2, 0.25) is 0 Å². The lowest BCUT2D eigenvalue weighted by Gasteiger charge is -2.19. The fourth-order valence-electron chi connectivity index (χ4n) is 1.07. The van der Waals surface area contributed by atoms with Gasteiger partial charge in [-0.2, -0.15) is 13.2 Å². The second-order valence-corrected chi connectivity index (χ2v) is 2.88. The number of rotatable bonds is 6. The third-order valence-electron chi connectivity index (χ3n) is 1.80. The predicted octanol–water partition coefficient (Wildman–Crippen LogP) is 1.64. The Morgan fingerprint density at radius 2 is 1.85 bits per heavy atom. The lowest BCUT2D eigenvalue weighted by Crippen LogP contribution is -2.28. The van der Waals surface area contributed by atoms with E-state index in [0.717, 1.165) is 0 Å². The molecule has 0 aromatic rings. The predicted molar refractivity (Wildman–Crippen MR) is 44.5 cm³/mol. The summed E-state index contributed by atoms with van der Waals surface area (Å²) < 4.78 is 35.2. The topological polar surface area (TPSA) is 23.5 Å². The quantitative estimate of drug-likeness (QED) is 0.703. The zero-order valence-corrected chi connectivity index (χ0v) is 7.77. The van der Waals surface area contributed by atoms with Gasteiger partial charge in [-0.05, 0) is 19.5 Å². The van der Waals surface area contributed by atoms with Crippen LogP contribution in [0.1, 0.15) is 19.8 Å². The van der Waals surface area contributed by atoms with E-state index in [1.807, 2.05) is 6.92 Å². The maximum Gasteiger partial charge on any atom is 0.389 e. The average Bonchev–Trinajstić information content (AvgIpc) is 2.01. The Hall–Kier alpha value is -0.290. The van der Waals surface area contributed by atoms with Crippen LogP contribution in [0, 0.1) is 0 Å². The van der Waals surface area contributed by atoms with Crippen LogP contribution in [0.15, 0.2) is 0 Å². The molecule has 0 aromatic heterocycles. The molecule has 13 heavy (non-hydrogen) atoms. The number of aliphatic hydroxyl groups excluding tert-OH is 1. The zero-order chi connectivity index (χ0) is 10.3. The summed E-state index contributed by atoms with van der Waals surface area (Å²) in [7, 11) is 0. The number of halogens is 3. The number of alkyl halides is 3. The molecule has 0 heterocycles. The fourth-order valence-corrected chi connectivity index (χ4v) is 1.07. The van der Waals surface area contributed by atoms with E-state index in [0.29, 0.717) is 19.6 Å². The van der Waals surface area contributed by atoms with Gasteiger partial charge in [-0.3, -0.25) is 0 Å². The molecule has 0 unspecified atom stereocenters. The molecule has 80 valence electrons. The molecule has 0 aliphatic heterocycles. The van der Waals surface area contributed by atoms with Gasteiger partial charge in [0.2, 0.25) is 0 Å². The van der Waals surface area contributed by atoms with Crippen LogP contribution in [0.25, 0.3) is 0 Å². The van der Waals surface area contributed by atoms with Gasteiger partial charge in [0.1, 0.15) is 0 Å². The molecule has 0 radical (unpaired) electrons. The van der Waals surface area contributed by atoms with Crippen molar-refractivity contribution in [2.75, 3.05) is 26.2 Å². The van der Waals surface area contributed by atoms with Gasteiger partial charge in [0.25, 0.3) is 0 Å². The maximum atomic E-state index is 11.7. The molecule has 0 saturated heterocycles. The van der Waals surface area contributed by atoms with Gasteiger partial charge in [-0.25, -0.2) is 0 Å². The average molecular weight is 199 g/mol. The largest absolute Gasteiger partial charge is 0.395 e. The monoisotopic (exact) mass is 199 g/mol. The first-order chi connectivity index (χ1) is 5.99. The van der Waals surface area contributed by atoms with Crippen molar-refractivity contribution in [3.8, 4) is 0 Å². The molecule has 1 N–H and O–H groups in total. The smallest absolute Gasteiger partial charge is 0.389 e. The molecule has 0 aromatic carbocycles. The van der Waals surface area contributed by atoms with Crippen LogP contribution in [-0.2, 0) is 0 Å². The van der Waals surface area contributed by atoms with Crippen LogP contribution < -0.4 is 0 Å². The summed E-state index contributed by atoms with van der Waals surface area (Å²) in [5, 5.41) is 8.56. The van der Waals surface area contributed by atoms with E-state index >= 15 is 0 Å². The SMILES string of the molecule is CCN(CCO)CCCC(F)(F)F. The van der Waals surface area contributed by atoms with E-state index < -0.39 is 12.6 Å². The molecule has 0 fully saturated rings. The number of nitrogens with zero attached hydrogens (tertiary/aromatic N) is 1. The van der Waals surface area contributed by atoms with Crippen molar-refractivity contribution >= 4 is 0 Å². The molecule has 0 bridgehead atoms. The van der Waals surface area contributed by atoms with Gasteiger partial charge in [0, 0.05) is 13.0 Å². The van der Waals surface area contributed by atoms with Crippen molar-refractivity contribution in [2.45, 2.75) is 25.9 Å². The minimum Gasteiger partial charge on any atom is -0.395 e. The van der Waals surface area contributed by atoms with Gasteiger partial charge >= 0.3 is 6.18 Å². The second kappa shape index (κ2) is 6.21. The highest BCUT2D eigenvalue weighted by Gasteiger charge is 2.26. The van der Waals surface area contributed by atoms with Crippen molar-refractivity contribution in [2.24, 2.45) is 0 Å². The van der Waals surface area contributed by atoms with Crippen LogP contribution in [0.4, 0.5) is 13.2 Å². The Labute approximate surface area is 76.3 Å². The molecule has 2 nitrogen and oxygen atoms in total. The highest BCUT2D eigenvalue weighted by Crippen LogP contribution is 2.21. The summed E-state index contributed by atoms with van der Waals surface area (Å²) in [6, 6.07) is 0. The molecular weight excluding hydrogens is 183 g/mol. The normalized spacial score (nSPS) is 12.5. The lowest BCUT2D eigenvalue weighted by atomic mass is 10.3. The summed E-state index contributed by atoms with van der Waals surface area (Å²) in [4.78, 5) is 1.80. The molecule has 0 aliphatic rings. The minimum absolute atomic E-state index is 0.000141. The highest BCUT2D eigenvalue weighted by molar-refractivity contribution is 4.57. The number of likely N-dealkylation sites (N-methyl/N-ethyl adjacent to an activating group) is 1.